The van der Waals surface area contributed by atoms with E-state index >= 15 is 0 Å². The molecular weight excluding hydrogens is 354 g/mol. The summed E-state index contributed by atoms with van der Waals surface area (Å²) in [7, 11) is 0. The molecule has 1 saturated carbocycles. The summed E-state index contributed by atoms with van der Waals surface area (Å²) < 4.78 is 0. The predicted octanol–water partition coefficient (Wildman–Crippen LogP) is 2.35. The van der Waals surface area contributed by atoms with Gasteiger partial charge in [-0.1, -0.05) is 25.1 Å². The van der Waals surface area contributed by atoms with E-state index in [1.165, 1.54) is 0 Å². The van der Waals surface area contributed by atoms with Crippen LogP contribution in [0.1, 0.15) is 56.3 Å². The highest BCUT2D eigenvalue weighted by Crippen LogP contribution is 2.33. The van der Waals surface area contributed by atoms with Gasteiger partial charge in [0.25, 0.3) is 5.91 Å². The summed E-state index contributed by atoms with van der Waals surface area (Å²) in [6.07, 6.45) is 4.30. The number of rotatable bonds is 7. The lowest BCUT2D eigenvalue weighted by Crippen LogP contribution is -2.55. The molecule has 0 aromatic heterocycles. The zero-order valence-electron chi connectivity index (χ0n) is 16.8. The van der Waals surface area contributed by atoms with Crippen molar-refractivity contribution in [3.63, 3.8) is 0 Å². The van der Waals surface area contributed by atoms with Crippen molar-refractivity contribution in [2.75, 3.05) is 13.1 Å². The smallest absolute Gasteiger partial charge is 0.251 e. The Kier molecular flexibility index (Phi) is 6.70. The van der Waals surface area contributed by atoms with Crippen LogP contribution in [0.5, 0.6) is 0 Å². The van der Waals surface area contributed by atoms with Crippen LogP contribution in [0.4, 0.5) is 0 Å². The maximum absolute atomic E-state index is 12.9. The maximum atomic E-state index is 12.9. The Balaban J connectivity index is 1.66. The summed E-state index contributed by atoms with van der Waals surface area (Å²) in [4.78, 5) is 39.8. The molecule has 3 amide bonds. The second-order valence-electron chi connectivity index (χ2n) is 8.07. The van der Waals surface area contributed by atoms with E-state index in [2.05, 4.69) is 10.6 Å². The van der Waals surface area contributed by atoms with Gasteiger partial charge in [0, 0.05) is 30.6 Å². The van der Waals surface area contributed by atoms with Gasteiger partial charge in [0.1, 0.15) is 6.04 Å². The topological polar surface area (TPSA) is 78.5 Å². The van der Waals surface area contributed by atoms with Crippen LogP contribution >= 0.6 is 0 Å². The normalized spacial score (nSPS) is 19.6. The molecule has 0 bridgehead atoms. The molecule has 2 aliphatic rings. The molecule has 2 fully saturated rings. The number of carbonyl (C=O) groups is 3. The van der Waals surface area contributed by atoms with E-state index in [9.17, 15) is 14.4 Å². The number of likely N-dealkylation sites (tertiary alicyclic amines) is 1. The largest absolute Gasteiger partial charge is 0.352 e. The van der Waals surface area contributed by atoms with Gasteiger partial charge < -0.3 is 15.5 Å². The van der Waals surface area contributed by atoms with Gasteiger partial charge >= 0.3 is 0 Å². The Labute approximate surface area is 167 Å². The quantitative estimate of drug-likeness (QED) is 0.756. The van der Waals surface area contributed by atoms with E-state index in [0.29, 0.717) is 18.7 Å². The monoisotopic (exact) mass is 385 g/mol. The fraction of sp³-hybridized carbons (Fsp3) is 0.591. The summed E-state index contributed by atoms with van der Waals surface area (Å²) in [5.41, 5.74) is 0.546. The molecule has 1 aromatic rings. The van der Waals surface area contributed by atoms with Gasteiger partial charge in [-0.3, -0.25) is 14.4 Å². The van der Waals surface area contributed by atoms with Crippen LogP contribution in [0.3, 0.4) is 0 Å². The van der Waals surface area contributed by atoms with Crippen LogP contribution in [-0.4, -0.2) is 47.8 Å². The van der Waals surface area contributed by atoms with E-state index in [0.717, 1.165) is 32.1 Å². The number of carbonyl (C=O) groups excluding carboxylic acids is 3. The van der Waals surface area contributed by atoms with Crippen molar-refractivity contribution in [3.8, 4) is 0 Å². The van der Waals surface area contributed by atoms with Crippen molar-refractivity contribution in [1.29, 1.82) is 0 Å². The number of piperidine rings is 1. The van der Waals surface area contributed by atoms with Gasteiger partial charge in [-0.15, -0.1) is 0 Å². The first-order valence-electron chi connectivity index (χ1n) is 10.4. The summed E-state index contributed by atoms with van der Waals surface area (Å²) in [6.45, 7) is 5.30. The van der Waals surface area contributed by atoms with Crippen LogP contribution in [0.25, 0.3) is 0 Å². The lowest BCUT2D eigenvalue weighted by Gasteiger charge is -2.36. The SMILES string of the molecule is CC[C@@H](C)NC(=O)[C@H](NC(=O)c1ccccc1)C1CCN(C(=O)C2CC2)CC1. The average Bonchev–Trinajstić information content (AvgIpc) is 3.57. The molecule has 2 atom stereocenters. The highest BCUT2D eigenvalue weighted by atomic mass is 16.2. The minimum atomic E-state index is -0.583. The van der Waals surface area contributed by atoms with Crippen LogP contribution in [0, 0.1) is 11.8 Å². The molecule has 6 nitrogen and oxygen atoms in total. The summed E-state index contributed by atoms with van der Waals surface area (Å²) >= 11 is 0. The number of amides is 3. The number of hydrogen-bond donors (Lipinski definition) is 2. The van der Waals surface area contributed by atoms with Crippen molar-refractivity contribution >= 4 is 17.7 Å². The first-order valence-corrected chi connectivity index (χ1v) is 10.4. The first-order chi connectivity index (χ1) is 13.5. The second-order valence-corrected chi connectivity index (χ2v) is 8.07. The zero-order valence-corrected chi connectivity index (χ0v) is 16.8. The van der Waals surface area contributed by atoms with Crippen LogP contribution in [-0.2, 0) is 9.59 Å². The number of nitrogens with zero attached hydrogens (tertiary/aromatic N) is 1. The Hall–Kier alpha value is -2.37. The predicted molar refractivity (Wildman–Crippen MR) is 108 cm³/mol. The van der Waals surface area contributed by atoms with E-state index in [-0.39, 0.29) is 35.6 Å². The molecule has 28 heavy (non-hydrogen) atoms. The van der Waals surface area contributed by atoms with Gasteiger partial charge in [-0.2, -0.15) is 0 Å². The molecule has 1 aliphatic heterocycles. The Morgan fingerprint density at radius 1 is 1.04 bits per heavy atom. The summed E-state index contributed by atoms with van der Waals surface area (Å²) in [6, 6.07) is 8.44. The van der Waals surface area contributed by atoms with E-state index in [1.807, 2.05) is 36.9 Å². The molecule has 2 N–H and O–H groups in total. The highest BCUT2D eigenvalue weighted by molar-refractivity contribution is 5.97. The molecule has 1 aliphatic carbocycles. The number of hydrogen-bond acceptors (Lipinski definition) is 3. The Morgan fingerprint density at radius 2 is 1.68 bits per heavy atom. The standard InChI is InChI=1S/C22H31N3O3/c1-3-15(2)23-21(27)19(24-20(26)17-7-5-4-6-8-17)16-11-13-25(14-12-16)22(28)18-9-10-18/h4-8,15-16,18-19H,3,9-14H2,1-2H3,(H,23,27)(H,24,26)/t15-,19-/m1/s1. The third-order valence-electron chi connectivity index (χ3n) is 5.86. The molecule has 1 saturated heterocycles. The molecule has 1 aromatic carbocycles. The molecule has 0 spiro atoms. The fourth-order valence-electron chi connectivity index (χ4n) is 3.69. The van der Waals surface area contributed by atoms with Gasteiger partial charge in [-0.25, -0.2) is 0 Å². The molecule has 0 unspecified atom stereocenters. The second kappa shape index (κ2) is 9.22. The van der Waals surface area contributed by atoms with Crippen molar-refractivity contribution in [1.82, 2.24) is 15.5 Å². The minimum absolute atomic E-state index is 0.0278. The van der Waals surface area contributed by atoms with Crippen LogP contribution in [0.15, 0.2) is 30.3 Å². The van der Waals surface area contributed by atoms with Crippen molar-refractivity contribution in [2.45, 2.75) is 58.0 Å². The molecule has 0 radical (unpaired) electrons. The van der Waals surface area contributed by atoms with Crippen molar-refractivity contribution < 1.29 is 14.4 Å². The zero-order chi connectivity index (χ0) is 20.1. The van der Waals surface area contributed by atoms with Crippen molar-refractivity contribution in [2.24, 2.45) is 11.8 Å². The average molecular weight is 386 g/mol. The van der Waals surface area contributed by atoms with E-state index in [4.69, 9.17) is 0 Å². The van der Waals surface area contributed by atoms with Crippen molar-refractivity contribution in [3.05, 3.63) is 35.9 Å². The van der Waals surface area contributed by atoms with Gasteiger partial charge in [0.15, 0.2) is 0 Å². The summed E-state index contributed by atoms with van der Waals surface area (Å²) in [5, 5.41) is 5.97. The fourth-order valence-corrected chi connectivity index (χ4v) is 3.69. The number of benzene rings is 1. The Bertz CT molecular complexity index is 694. The molecule has 1 heterocycles. The highest BCUT2D eigenvalue weighted by Gasteiger charge is 2.38. The van der Waals surface area contributed by atoms with Crippen LogP contribution < -0.4 is 10.6 Å². The van der Waals surface area contributed by atoms with E-state index in [1.54, 1.807) is 12.1 Å². The third-order valence-corrected chi connectivity index (χ3v) is 5.86. The minimum Gasteiger partial charge on any atom is -0.352 e. The van der Waals surface area contributed by atoms with Gasteiger partial charge in [-0.05, 0) is 57.1 Å². The van der Waals surface area contributed by atoms with Gasteiger partial charge in [0.05, 0.1) is 0 Å². The molecular formula is C22H31N3O3. The Morgan fingerprint density at radius 3 is 2.25 bits per heavy atom. The molecule has 152 valence electrons. The lowest BCUT2D eigenvalue weighted by atomic mass is 9.88. The summed E-state index contributed by atoms with van der Waals surface area (Å²) in [5.74, 6) is 0.137. The van der Waals surface area contributed by atoms with Crippen LogP contribution in [0.2, 0.25) is 0 Å². The third kappa shape index (κ3) is 5.12. The van der Waals surface area contributed by atoms with E-state index < -0.39 is 6.04 Å². The molecule has 3 rings (SSSR count). The maximum Gasteiger partial charge on any atom is 0.251 e. The first kappa shape index (κ1) is 20.4. The molecule has 6 heteroatoms. The lowest BCUT2D eigenvalue weighted by molar-refractivity contribution is -0.134. The number of nitrogens with one attached hydrogen (secondary N) is 2. The van der Waals surface area contributed by atoms with Gasteiger partial charge in [0.2, 0.25) is 11.8 Å².